The van der Waals surface area contributed by atoms with E-state index in [1.54, 1.807) is 12.1 Å². The van der Waals surface area contributed by atoms with Crippen LogP contribution in [0.1, 0.15) is 23.6 Å². The van der Waals surface area contributed by atoms with E-state index in [1.165, 1.54) is 12.1 Å². The normalized spacial score (nSPS) is 11.7. The molecule has 0 bridgehead atoms. The molecule has 0 fully saturated rings. The summed E-state index contributed by atoms with van der Waals surface area (Å²) in [7, 11) is 0. The Kier molecular flexibility index (Phi) is 5.82. The summed E-state index contributed by atoms with van der Waals surface area (Å²) in [5, 5.41) is 22.8. The zero-order valence-electron chi connectivity index (χ0n) is 12.5. The first-order valence-electron chi connectivity index (χ1n) is 7.28. The molecule has 2 N–H and O–H groups in total. The average molecular weight is 314 g/mol. The van der Waals surface area contributed by atoms with Gasteiger partial charge in [-0.3, -0.25) is 14.9 Å². The third-order valence-corrected chi connectivity index (χ3v) is 3.44. The third kappa shape index (κ3) is 4.89. The van der Waals surface area contributed by atoms with Gasteiger partial charge in [-0.15, -0.1) is 0 Å². The average Bonchev–Trinajstić information content (AvgIpc) is 2.55. The van der Waals surface area contributed by atoms with E-state index in [-0.39, 0.29) is 30.7 Å². The van der Waals surface area contributed by atoms with Crippen LogP contribution >= 0.6 is 0 Å². The molecule has 1 amide bonds. The minimum Gasteiger partial charge on any atom is -0.396 e. The number of hydrogen-bond acceptors (Lipinski definition) is 4. The van der Waals surface area contributed by atoms with Crippen molar-refractivity contribution < 1.29 is 14.8 Å². The number of aliphatic hydroxyl groups excluding tert-OH is 1. The second kappa shape index (κ2) is 8.05. The summed E-state index contributed by atoms with van der Waals surface area (Å²) in [6, 6.07) is 15.1. The molecule has 0 heterocycles. The van der Waals surface area contributed by atoms with Gasteiger partial charge in [0.15, 0.2) is 0 Å². The lowest BCUT2D eigenvalue weighted by molar-refractivity contribution is -0.384. The molecule has 0 saturated heterocycles. The maximum atomic E-state index is 12.2. The van der Waals surface area contributed by atoms with E-state index in [9.17, 15) is 20.0 Å². The number of non-ortho nitro benzene ring substituents is 1. The van der Waals surface area contributed by atoms with Crippen molar-refractivity contribution in [2.45, 2.75) is 18.9 Å². The van der Waals surface area contributed by atoms with Crippen LogP contribution in [0.3, 0.4) is 0 Å². The van der Waals surface area contributed by atoms with E-state index in [0.29, 0.717) is 12.0 Å². The number of carbonyl (C=O) groups is 1. The van der Waals surface area contributed by atoms with Crippen molar-refractivity contribution in [3.8, 4) is 0 Å². The standard InChI is InChI=1S/C17H18N2O4/c20-10-9-16(14-6-2-1-3-7-14)18-17(21)12-13-5-4-8-15(11-13)19(22)23/h1-8,11,16,20H,9-10,12H2,(H,18,21). The Morgan fingerprint density at radius 3 is 2.57 bits per heavy atom. The van der Waals surface area contributed by atoms with Crippen molar-refractivity contribution in [3.63, 3.8) is 0 Å². The first-order valence-corrected chi connectivity index (χ1v) is 7.28. The number of nitrogens with one attached hydrogen (secondary N) is 1. The van der Waals surface area contributed by atoms with Crippen LogP contribution in [0.15, 0.2) is 54.6 Å². The lowest BCUT2D eigenvalue weighted by Gasteiger charge is -2.18. The Hall–Kier alpha value is -2.73. The maximum Gasteiger partial charge on any atom is 0.269 e. The molecule has 0 saturated carbocycles. The number of nitrogens with zero attached hydrogens (tertiary/aromatic N) is 1. The van der Waals surface area contributed by atoms with Gasteiger partial charge in [-0.25, -0.2) is 0 Å². The Labute approximate surface area is 133 Å². The largest absolute Gasteiger partial charge is 0.396 e. The van der Waals surface area contributed by atoms with Gasteiger partial charge < -0.3 is 10.4 Å². The number of aliphatic hydroxyl groups is 1. The monoisotopic (exact) mass is 314 g/mol. The van der Waals surface area contributed by atoms with E-state index in [0.717, 1.165) is 5.56 Å². The van der Waals surface area contributed by atoms with E-state index < -0.39 is 4.92 Å². The summed E-state index contributed by atoms with van der Waals surface area (Å²) in [4.78, 5) is 22.5. The van der Waals surface area contributed by atoms with Crippen molar-refractivity contribution in [2.24, 2.45) is 0 Å². The molecule has 2 aromatic rings. The first-order chi connectivity index (χ1) is 11.1. The van der Waals surface area contributed by atoms with Crippen molar-refractivity contribution in [2.75, 3.05) is 6.61 Å². The predicted octanol–water partition coefficient (Wildman–Crippen LogP) is 2.38. The fourth-order valence-electron chi connectivity index (χ4n) is 2.35. The van der Waals surface area contributed by atoms with Gasteiger partial charge in [0.25, 0.3) is 5.69 Å². The number of hydrogen-bond donors (Lipinski definition) is 2. The van der Waals surface area contributed by atoms with Crippen molar-refractivity contribution >= 4 is 11.6 Å². The van der Waals surface area contributed by atoms with E-state index in [4.69, 9.17) is 0 Å². The predicted molar refractivity (Wildman–Crippen MR) is 85.8 cm³/mol. The molecular weight excluding hydrogens is 296 g/mol. The van der Waals surface area contributed by atoms with Crippen molar-refractivity contribution in [1.82, 2.24) is 5.32 Å². The molecule has 6 nitrogen and oxygen atoms in total. The van der Waals surface area contributed by atoms with Crippen molar-refractivity contribution in [1.29, 1.82) is 0 Å². The lowest BCUT2D eigenvalue weighted by Crippen LogP contribution is -2.30. The SMILES string of the molecule is O=C(Cc1cccc([N+](=O)[O-])c1)NC(CCO)c1ccccc1. The number of benzene rings is 2. The molecule has 0 aromatic heterocycles. The molecule has 0 aliphatic carbocycles. The van der Waals surface area contributed by atoms with Gasteiger partial charge in [-0.2, -0.15) is 0 Å². The molecular formula is C17H18N2O4. The molecule has 6 heteroatoms. The number of rotatable bonds is 7. The summed E-state index contributed by atoms with van der Waals surface area (Å²) in [6.07, 6.45) is 0.459. The number of nitro groups is 1. The second-order valence-corrected chi connectivity index (χ2v) is 5.15. The van der Waals surface area contributed by atoms with Gasteiger partial charge in [0.2, 0.25) is 5.91 Å². The van der Waals surface area contributed by atoms with Gasteiger partial charge in [-0.1, -0.05) is 42.5 Å². The van der Waals surface area contributed by atoms with Crippen LogP contribution in [0.5, 0.6) is 0 Å². The summed E-state index contributed by atoms with van der Waals surface area (Å²) in [6.45, 7) is -0.0450. The van der Waals surface area contributed by atoms with Crippen LogP contribution in [0, 0.1) is 10.1 Å². The molecule has 0 radical (unpaired) electrons. The smallest absolute Gasteiger partial charge is 0.269 e. The molecule has 120 valence electrons. The van der Waals surface area contributed by atoms with E-state index >= 15 is 0 Å². The Bertz CT molecular complexity index is 673. The molecule has 1 unspecified atom stereocenters. The van der Waals surface area contributed by atoms with Gasteiger partial charge >= 0.3 is 0 Å². The second-order valence-electron chi connectivity index (χ2n) is 5.15. The lowest BCUT2D eigenvalue weighted by atomic mass is 10.0. The highest BCUT2D eigenvalue weighted by Crippen LogP contribution is 2.17. The van der Waals surface area contributed by atoms with Gasteiger partial charge in [-0.05, 0) is 17.5 Å². The Morgan fingerprint density at radius 2 is 1.91 bits per heavy atom. The molecule has 1 atom stereocenters. The highest BCUT2D eigenvalue weighted by atomic mass is 16.6. The third-order valence-electron chi connectivity index (χ3n) is 3.44. The maximum absolute atomic E-state index is 12.2. The molecule has 2 rings (SSSR count). The molecule has 0 spiro atoms. The van der Waals surface area contributed by atoms with Crippen LogP contribution in [-0.2, 0) is 11.2 Å². The van der Waals surface area contributed by atoms with Gasteiger partial charge in [0.1, 0.15) is 0 Å². The molecule has 0 aliphatic rings. The summed E-state index contributed by atoms with van der Waals surface area (Å²) in [5.41, 5.74) is 1.45. The highest BCUT2D eigenvalue weighted by molar-refractivity contribution is 5.79. The zero-order chi connectivity index (χ0) is 16.7. The Balaban J connectivity index is 2.05. The fourth-order valence-corrected chi connectivity index (χ4v) is 2.35. The van der Waals surface area contributed by atoms with Crippen LogP contribution < -0.4 is 5.32 Å². The Morgan fingerprint density at radius 1 is 1.17 bits per heavy atom. The highest BCUT2D eigenvalue weighted by Gasteiger charge is 2.15. The summed E-state index contributed by atoms with van der Waals surface area (Å²) in [5.74, 6) is -0.243. The topological polar surface area (TPSA) is 92.5 Å². The molecule has 2 aromatic carbocycles. The quantitative estimate of drug-likeness (QED) is 0.606. The minimum atomic E-state index is -0.486. The van der Waals surface area contributed by atoms with Crippen LogP contribution in [0.25, 0.3) is 0 Å². The van der Waals surface area contributed by atoms with Crippen LogP contribution in [-0.4, -0.2) is 22.5 Å². The van der Waals surface area contributed by atoms with E-state index in [2.05, 4.69) is 5.32 Å². The number of nitro benzene ring substituents is 1. The van der Waals surface area contributed by atoms with E-state index in [1.807, 2.05) is 30.3 Å². The molecule has 23 heavy (non-hydrogen) atoms. The zero-order valence-corrected chi connectivity index (χ0v) is 12.5. The fraction of sp³-hybridized carbons (Fsp3) is 0.235. The van der Waals surface area contributed by atoms with Crippen LogP contribution in [0.4, 0.5) is 5.69 Å². The number of carbonyl (C=O) groups excluding carboxylic acids is 1. The number of amides is 1. The van der Waals surface area contributed by atoms with Gasteiger partial charge in [0.05, 0.1) is 17.4 Å². The van der Waals surface area contributed by atoms with Gasteiger partial charge in [0, 0.05) is 18.7 Å². The summed E-state index contributed by atoms with van der Waals surface area (Å²) >= 11 is 0. The molecule has 0 aliphatic heterocycles. The van der Waals surface area contributed by atoms with Crippen LogP contribution in [0.2, 0.25) is 0 Å². The minimum absolute atomic E-state index is 0.0368. The van der Waals surface area contributed by atoms with Crippen molar-refractivity contribution in [3.05, 3.63) is 75.8 Å². The first kappa shape index (κ1) is 16.6. The summed E-state index contributed by atoms with van der Waals surface area (Å²) < 4.78 is 0.